The van der Waals surface area contributed by atoms with E-state index in [1.54, 1.807) is 48.5 Å². The van der Waals surface area contributed by atoms with Gasteiger partial charge in [-0.15, -0.1) is 0 Å². The molecule has 32 heavy (non-hydrogen) atoms. The lowest BCUT2D eigenvalue weighted by Gasteiger charge is -2.23. The third-order valence-corrected chi connectivity index (χ3v) is 5.47. The Morgan fingerprint density at radius 3 is 2.28 bits per heavy atom. The van der Waals surface area contributed by atoms with Crippen LogP contribution in [0.25, 0.3) is 0 Å². The minimum atomic E-state index is -1.92. The van der Waals surface area contributed by atoms with Crippen LogP contribution in [0.2, 0.25) is 0 Å². The molecule has 1 atom stereocenters. The lowest BCUT2D eigenvalue weighted by molar-refractivity contribution is -0.135. The maximum absolute atomic E-state index is 13.3. The number of hydrogen-bond donors (Lipinski definition) is 1. The van der Waals surface area contributed by atoms with Crippen LogP contribution < -0.4 is 14.4 Å². The molecule has 6 heteroatoms. The molecule has 0 bridgehead atoms. The number of hydrogen-bond acceptors (Lipinski definition) is 5. The topological polar surface area (TPSA) is 76.1 Å². The molecule has 0 radical (unpaired) electrons. The molecule has 0 fully saturated rings. The van der Waals surface area contributed by atoms with E-state index in [0.29, 0.717) is 34.9 Å². The van der Waals surface area contributed by atoms with Gasteiger partial charge in [-0.25, -0.2) is 0 Å². The van der Waals surface area contributed by atoms with Crippen LogP contribution in [0.3, 0.4) is 0 Å². The number of anilines is 1. The van der Waals surface area contributed by atoms with Crippen LogP contribution in [-0.4, -0.2) is 36.6 Å². The molecule has 0 aliphatic carbocycles. The van der Waals surface area contributed by atoms with Crippen molar-refractivity contribution >= 4 is 17.4 Å². The first-order valence-corrected chi connectivity index (χ1v) is 10.6. The summed E-state index contributed by atoms with van der Waals surface area (Å²) in [4.78, 5) is 27.7. The van der Waals surface area contributed by atoms with Gasteiger partial charge >= 0.3 is 0 Å². The molecular formula is C26H25NO5. The van der Waals surface area contributed by atoms with Crippen LogP contribution in [0, 0.1) is 0 Å². The largest absolute Gasteiger partial charge is 0.494 e. The van der Waals surface area contributed by atoms with Crippen LogP contribution in [0.15, 0.2) is 78.9 Å². The fourth-order valence-corrected chi connectivity index (χ4v) is 3.91. The third-order valence-electron chi connectivity index (χ3n) is 5.47. The van der Waals surface area contributed by atoms with E-state index < -0.39 is 11.5 Å². The van der Waals surface area contributed by atoms with E-state index in [1.165, 1.54) is 4.90 Å². The summed E-state index contributed by atoms with van der Waals surface area (Å²) >= 11 is 0. The van der Waals surface area contributed by atoms with E-state index in [1.807, 2.05) is 37.3 Å². The van der Waals surface area contributed by atoms with Crippen molar-refractivity contribution in [2.45, 2.75) is 18.9 Å². The average molecular weight is 431 g/mol. The summed E-state index contributed by atoms with van der Waals surface area (Å²) in [6, 6.07) is 23.0. The Balaban J connectivity index is 1.51. The fraction of sp³-hybridized carbons (Fsp3) is 0.231. The molecule has 3 aromatic carbocycles. The normalized spacial score (nSPS) is 17.2. The van der Waals surface area contributed by atoms with Gasteiger partial charge < -0.3 is 19.5 Å². The first kappa shape index (κ1) is 21.6. The molecule has 164 valence electrons. The SMILES string of the molecule is CCOc1ccc(C(=O)CC2(O)C(=O)N(CCOc3ccccc3)c3ccccc32)cc1. The highest BCUT2D eigenvalue weighted by atomic mass is 16.5. The predicted octanol–water partition coefficient (Wildman–Crippen LogP) is 3.97. The number of benzene rings is 3. The maximum atomic E-state index is 13.3. The molecule has 4 rings (SSSR count). The Kier molecular flexibility index (Phi) is 6.23. The zero-order chi connectivity index (χ0) is 22.6. The molecule has 0 saturated carbocycles. The Bertz CT molecular complexity index is 1100. The van der Waals surface area contributed by atoms with Crippen molar-refractivity contribution in [2.24, 2.45) is 0 Å². The molecule has 0 spiro atoms. The Hall–Kier alpha value is -3.64. The minimum Gasteiger partial charge on any atom is -0.494 e. The monoisotopic (exact) mass is 431 g/mol. The highest BCUT2D eigenvalue weighted by Gasteiger charge is 2.50. The Morgan fingerprint density at radius 1 is 0.906 bits per heavy atom. The molecule has 1 amide bonds. The number of fused-ring (bicyclic) bond motifs is 1. The van der Waals surface area contributed by atoms with Gasteiger partial charge in [0.1, 0.15) is 18.1 Å². The number of carbonyl (C=O) groups is 2. The highest BCUT2D eigenvalue weighted by molar-refractivity contribution is 6.10. The van der Waals surface area contributed by atoms with Crippen LogP contribution in [-0.2, 0) is 10.4 Å². The van der Waals surface area contributed by atoms with E-state index in [9.17, 15) is 14.7 Å². The van der Waals surface area contributed by atoms with Crippen LogP contribution in [0.1, 0.15) is 29.3 Å². The van der Waals surface area contributed by atoms with E-state index in [-0.39, 0.29) is 25.4 Å². The summed E-state index contributed by atoms with van der Waals surface area (Å²) in [7, 11) is 0. The van der Waals surface area contributed by atoms with Gasteiger partial charge in [0.15, 0.2) is 11.4 Å². The number of amides is 1. The molecular weight excluding hydrogens is 406 g/mol. The van der Waals surface area contributed by atoms with Gasteiger partial charge in [-0.2, -0.15) is 0 Å². The second-order valence-corrected chi connectivity index (χ2v) is 7.55. The fourth-order valence-electron chi connectivity index (χ4n) is 3.91. The summed E-state index contributed by atoms with van der Waals surface area (Å²) in [5.41, 5.74) is -0.475. The van der Waals surface area contributed by atoms with Gasteiger partial charge in [-0.05, 0) is 49.4 Å². The van der Waals surface area contributed by atoms with E-state index in [2.05, 4.69) is 0 Å². The number of para-hydroxylation sites is 2. The second-order valence-electron chi connectivity index (χ2n) is 7.55. The molecule has 0 saturated heterocycles. The third kappa shape index (κ3) is 4.22. The molecule has 1 heterocycles. The number of ketones is 1. The molecule has 0 aromatic heterocycles. The van der Waals surface area contributed by atoms with Gasteiger partial charge in [0.2, 0.25) is 0 Å². The van der Waals surface area contributed by atoms with E-state index >= 15 is 0 Å². The van der Waals surface area contributed by atoms with Crippen molar-refractivity contribution in [2.75, 3.05) is 24.7 Å². The number of ether oxygens (including phenoxy) is 2. The van der Waals surface area contributed by atoms with Crippen LogP contribution >= 0.6 is 0 Å². The quantitative estimate of drug-likeness (QED) is 0.519. The second kappa shape index (κ2) is 9.24. The summed E-state index contributed by atoms with van der Waals surface area (Å²) in [5, 5.41) is 11.4. The summed E-state index contributed by atoms with van der Waals surface area (Å²) in [6.45, 7) is 2.92. The molecule has 1 N–H and O–H groups in total. The molecule has 1 aliphatic rings. The predicted molar refractivity (Wildman–Crippen MR) is 121 cm³/mol. The molecule has 1 aliphatic heterocycles. The van der Waals surface area contributed by atoms with Crippen molar-refractivity contribution in [3.63, 3.8) is 0 Å². The van der Waals surface area contributed by atoms with E-state index in [4.69, 9.17) is 9.47 Å². The Morgan fingerprint density at radius 2 is 1.56 bits per heavy atom. The van der Waals surface area contributed by atoms with Crippen LogP contribution in [0.5, 0.6) is 11.5 Å². The summed E-state index contributed by atoms with van der Waals surface area (Å²) in [6.07, 6.45) is -0.340. The maximum Gasteiger partial charge on any atom is 0.264 e. The molecule has 1 unspecified atom stereocenters. The van der Waals surface area contributed by atoms with Crippen molar-refractivity contribution in [1.82, 2.24) is 0 Å². The number of carbonyl (C=O) groups excluding carboxylic acids is 2. The zero-order valence-corrected chi connectivity index (χ0v) is 17.9. The molecule has 6 nitrogen and oxygen atoms in total. The smallest absolute Gasteiger partial charge is 0.264 e. The van der Waals surface area contributed by atoms with Crippen molar-refractivity contribution in [3.8, 4) is 11.5 Å². The summed E-state index contributed by atoms with van der Waals surface area (Å²) in [5.74, 6) is 0.527. The summed E-state index contributed by atoms with van der Waals surface area (Å²) < 4.78 is 11.1. The van der Waals surface area contributed by atoms with Crippen molar-refractivity contribution < 1.29 is 24.2 Å². The lowest BCUT2D eigenvalue weighted by Crippen LogP contribution is -2.43. The van der Waals surface area contributed by atoms with Gasteiger partial charge in [-0.1, -0.05) is 36.4 Å². The molecule has 3 aromatic rings. The number of rotatable bonds is 9. The van der Waals surface area contributed by atoms with Crippen LogP contribution in [0.4, 0.5) is 5.69 Å². The lowest BCUT2D eigenvalue weighted by atomic mass is 9.88. The number of Topliss-reactive ketones (excluding diaryl/α,β-unsaturated/α-hetero) is 1. The standard InChI is InChI=1S/C26H25NO5/c1-2-31-21-14-12-19(13-15-21)24(28)18-26(30)22-10-6-7-11-23(22)27(25(26)29)16-17-32-20-8-4-3-5-9-20/h3-15,30H,2,16-18H2,1H3. The minimum absolute atomic E-state index is 0.254. The first-order valence-electron chi connectivity index (χ1n) is 10.6. The van der Waals surface area contributed by atoms with Gasteiger partial charge in [-0.3, -0.25) is 9.59 Å². The first-order chi connectivity index (χ1) is 15.5. The number of nitrogens with zero attached hydrogens (tertiary/aromatic N) is 1. The average Bonchev–Trinajstić information content (AvgIpc) is 3.02. The van der Waals surface area contributed by atoms with Gasteiger partial charge in [0.05, 0.1) is 25.3 Å². The van der Waals surface area contributed by atoms with E-state index in [0.717, 1.165) is 0 Å². The highest BCUT2D eigenvalue weighted by Crippen LogP contribution is 2.42. The Labute approximate surface area is 187 Å². The van der Waals surface area contributed by atoms with Gasteiger partial charge in [0.25, 0.3) is 5.91 Å². The van der Waals surface area contributed by atoms with Gasteiger partial charge in [0, 0.05) is 11.1 Å². The number of aliphatic hydroxyl groups is 1. The van der Waals surface area contributed by atoms with Crippen molar-refractivity contribution in [3.05, 3.63) is 90.0 Å². The zero-order valence-electron chi connectivity index (χ0n) is 17.9. The van der Waals surface area contributed by atoms with Crippen molar-refractivity contribution in [1.29, 1.82) is 0 Å².